The van der Waals surface area contributed by atoms with Gasteiger partial charge in [0, 0.05) is 30.4 Å². The Bertz CT molecular complexity index is 563. The molecule has 1 aromatic carbocycles. The lowest BCUT2D eigenvalue weighted by molar-refractivity contribution is 0.0288. The van der Waals surface area contributed by atoms with Gasteiger partial charge in [-0.25, -0.2) is 4.79 Å². The van der Waals surface area contributed by atoms with Crippen molar-refractivity contribution < 1.29 is 19.0 Å². The summed E-state index contributed by atoms with van der Waals surface area (Å²) in [5.74, 6) is 2.04. The monoisotopic (exact) mass is 399 g/mol. The zero-order chi connectivity index (χ0) is 17.9. The van der Waals surface area contributed by atoms with E-state index in [1.165, 1.54) is 0 Å². The van der Waals surface area contributed by atoms with E-state index >= 15 is 0 Å². The molecule has 0 bridgehead atoms. The van der Waals surface area contributed by atoms with Crippen molar-refractivity contribution in [1.82, 2.24) is 4.90 Å². The van der Waals surface area contributed by atoms with Gasteiger partial charge in [0.1, 0.15) is 17.1 Å². The second kappa shape index (κ2) is 7.64. The summed E-state index contributed by atoms with van der Waals surface area (Å²) in [5.41, 5.74) is 0.625. The second-order valence-electron chi connectivity index (χ2n) is 7.05. The molecule has 1 fully saturated rings. The number of benzene rings is 1. The highest BCUT2D eigenvalue weighted by Gasteiger charge is 2.37. The third-order valence-corrected chi connectivity index (χ3v) is 4.92. The minimum absolute atomic E-state index is 0.209. The summed E-state index contributed by atoms with van der Waals surface area (Å²) < 4.78 is 16.2. The molecule has 0 radical (unpaired) electrons. The molecule has 1 amide bonds. The summed E-state index contributed by atoms with van der Waals surface area (Å²) in [7, 11) is 3.28. The van der Waals surface area contributed by atoms with Crippen LogP contribution in [0.3, 0.4) is 0 Å². The Morgan fingerprint density at radius 2 is 1.75 bits per heavy atom. The Morgan fingerprint density at radius 3 is 2.21 bits per heavy atom. The molecular weight excluding hydrogens is 374 g/mol. The minimum atomic E-state index is -0.488. The third kappa shape index (κ3) is 4.56. The number of nitrogens with zero attached hydrogens (tertiary/aromatic N) is 1. The first kappa shape index (κ1) is 18.9. The molecule has 24 heavy (non-hydrogen) atoms. The Kier molecular flexibility index (Phi) is 6.01. The van der Waals surface area contributed by atoms with E-state index in [9.17, 15) is 4.79 Å². The number of alkyl halides is 1. The molecule has 0 unspecified atom stereocenters. The topological polar surface area (TPSA) is 48.0 Å². The molecule has 2 rings (SSSR count). The standard InChI is InChI=1S/C18H26BrNO4/c1-18(2,3)24-17(21)20-10-13(9-19)16(11-20)12-6-14(22-4)8-15(7-12)23-5/h6-8,13,16H,9-11H2,1-5H3/t13-,16+/m1/s1. The molecule has 2 atom stereocenters. The number of carbonyl (C=O) groups is 1. The summed E-state index contributed by atoms with van der Waals surface area (Å²) in [6.45, 7) is 6.94. The second-order valence-corrected chi connectivity index (χ2v) is 7.70. The molecule has 0 aliphatic carbocycles. The Labute approximate surface area is 152 Å². The van der Waals surface area contributed by atoms with E-state index in [0.717, 1.165) is 22.4 Å². The van der Waals surface area contributed by atoms with Gasteiger partial charge < -0.3 is 19.1 Å². The number of likely N-dealkylation sites (tertiary alicyclic amines) is 1. The Hall–Kier alpha value is -1.43. The van der Waals surface area contributed by atoms with Gasteiger partial charge in [0.15, 0.2) is 0 Å². The van der Waals surface area contributed by atoms with Crippen molar-refractivity contribution >= 4 is 22.0 Å². The van der Waals surface area contributed by atoms with E-state index in [-0.39, 0.29) is 12.0 Å². The zero-order valence-corrected chi connectivity index (χ0v) is 16.6. The van der Waals surface area contributed by atoms with Crippen LogP contribution < -0.4 is 9.47 Å². The highest BCUT2D eigenvalue weighted by Crippen LogP contribution is 2.37. The zero-order valence-electron chi connectivity index (χ0n) is 15.0. The van der Waals surface area contributed by atoms with Crippen LogP contribution in [0.2, 0.25) is 0 Å². The largest absolute Gasteiger partial charge is 0.497 e. The molecule has 1 aromatic rings. The number of hydrogen-bond donors (Lipinski definition) is 0. The lowest BCUT2D eigenvalue weighted by atomic mass is 9.90. The molecule has 1 aliphatic heterocycles. The smallest absolute Gasteiger partial charge is 0.410 e. The molecule has 6 heteroatoms. The molecule has 134 valence electrons. The number of rotatable bonds is 4. The van der Waals surface area contributed by atoms with Crippen LogP contribution in [-0.4, -0.2) is 49.2 Å². The van der Waals surface area contributed by atoms with Crippen molar-refractivity contribution in [3.05, 3.63) is 23.8 Å². The summed E-state index contributed by atoms with van der Waals surface area (Å²) >= 11 is 3.58. The van der Waals surface area contributed by atoms with Crippen molar-refractivity contribution in [2.75, 3.05) is 32.6 Å². The first-order valence-electron chi connectivity index (χ1n) is 8.04. The lowest BCUT2D eigenvalue weighted by Crippen LogP contribution is -2.35. The van der Waals surface area contributed by atoms with E-state index in [2.05, 4.69) is 15.9 Å². The maximum Gasteiger partial charge on any atom is 0.410 e. The molecule has 1 saturated heterocycles. The number of carbonyl (C=O) groups excluding carboxylic acids is 1. The first-order valence-corrected chi connectivity index (χ1v) is 9.16. The number of hydrogen-bond acceptors (Lipinski definition) is 4. The van der Waals surface area contributed by atoms with Gasteiger partial charge in [0.25, 0.3) is 0 Å². The van der Waals surface area contributed by atoms with Crippen LogP contribution in [0.15, 0.2) is 18.2 Å². The molecule has 0 aromatic heterocycles. The molecule has 0 saturated carbocycles. The SMILES string of the molecule is COc1cc(OC)cc([C@@H]2CN(C(=O)OC(C)(C)C)C[C@H]2CBr)c1. The summed E-state index contributed by atoms with van der Waals surface area (Å²) in [5, 5.41) is 0.816. The third-order valence-electron chi connectivity index (χ3n) is 4.09. The molecule has 0 spiro atoms. The van der Waals surface area contributed by atoms with Crippen LogP contribution in [-0.2, 0) is 4.74 Å². The van der Waals surface area contributed by atoms with Gasteiger partial charge in [-0.3, -0.25) is 0 Å². The molecule has 0 N–H and O–H groups in total. The van der Waals surface area contributed by atoms with Crippen LogP contribution in [0, 0.1) is 5.92 Å². The van der Waals surface area contributed by atoms with E-state index in [1.54, 1.807) is 19.1 Å². The predicted octanol–water partition coefficient (Wildman–Crippen LogP) is 4.05. The average molecular weight is 400 g/mol. The highest BCUT2D eigenvalue weighted by atomic mass is 79.9. The van der Waals surface area contributed by atoms with Crippen molar-refractivity contribution in [2.45, 2.75) is 32.3 Å². The molecule has 5 nitrogen and oxygen atoms in total. The summed E-state index contributed by atoms with van der Waals surface area (Å²) in [4.78, 5) is 14.2. The number of amides is 1. The minimum Gasteiger partial charge on any atom is -0.497 e. The van der Waals surface area contributed by atoms with Crippen LogP contribution in [0.5, 0.6) is 11.5 Å². The first-order chi connectivity index (χ1) is 11.3. The highest BCUT2D eigenvalue weighted by molar-refractivity contribution is 9.09. The van der Waals surface area contributed by atoms with Crippen molar-refractivity contribution in [2.24, 2.45) is 5.92 Å². The van der Waals surface area contributed by atoms with Gasteiger partial charge in [-0.05, 0) is 44.4 Å². The number of methoxy groups -OCH3 is 2. The Morgan fingerprint density at radius 1 is 1.17 bits per heavy atom. The van der Waals surface area contributed by atoms with Crippen LogP contribution >= 0.6 is 15.9 Å². The van der Waals surface area contributed by atoms with E-state index < -0.39 is 5.60 Å². The fourth-order valence-electron chi connectivity index (χ4n) is 2.92. The normalized spacial score (nSPS) is 20.8. The maximum absolute atomic E-state index is 12.4. The van der Waals surface area contributed by atoms with Crippen LogP contribution in [0.4, 0.5) is 4.79 Å². The van der Waals surface area contributed by atoms with Crippen molar-refractivity contribution in [1.29, 1.82) is 0 Å². The quantitative estimate of drug-likeness (QED) is 0.716. The Balaban J connectivity index is 2.22. The van der Waals surface area contributed by atoms with Gasteiger partial charge in [0.05, 0.1) is 14.2 Å². The average Bonchev–Trinajstić information content (AvgIpc) is 2.97. The molecular formula is C18H26BrNO4. The van der Waals surface area contributed by atoms with Crippen LogP contribution in [0.1, 0.15) is 32.3 Å². The fraction of sp³-hybridized carbons (Fsp3) is 0.611. The van der Waals surface area contributed by atoms with Gasteiger partial charge in [0.2, 0.25) is 0 Å². The summed E-state index contributed by atoms with van der Waals surface area (Å²) in [6, 6.07) is 5.89. The molecule has 1 heterocycles. The maximum atomic E-state index is 12.4. The fourth-order valence-corrected chi connectivity index (χ4v) is 3.58. The van der Waals surface area contributed by atoms with E-state index in [1.807, 2.05) is 39.0 Å². The van der Waals surface area contributed by atoms with Gasteiger partial charge in [-0.15, -0.1) is 0 Å². The van der Waals surface area contributed by atoms with Gasteiger partial charge >= 0.3 is 6.09 Å². The van der Waals surface area contributed by atoms with Crippen LogP contribution in [0.25, 0.3) is 0 Å². The summed E-state index contributed by atoms with van der Waals surface area (Å²) in [6.07, 6.45) is -0.259. The van der Waals surface area contributed by atoms with E-state index in [0.29, 0.717) is 19.0 Å². The van der Waals surface area contributed by atoms with E-state index in [4.69, 9.17) is 14.2 Å². The number of halogens is 1. The lowest BCUT2D eigenvalue weighted by Gasteiger charge is -2.24. The van der Waals surface area contributed by atoms with Gasteiger partial charge in [-0.2, -0.15) is 0 Å². The van der Waals surface area contributed by atoms with Gasteiger partial charge in [-0.1, -0.05) is 15.9 Å². The van der Waals surface area contributed by atoms with Crippen molar-refractivity contribution in [3.8, 4) is 11.5 Å². The predicted molar refractivity (Wildman–Crippen MR) is 97.4 cm³/mol. The number of ether oxygens (including phenoxy) is 3. The molecule has 1 aliphatic rings. The van der Waals surface area contributed by atoms with Crippen molar-refractivity contribution in [3.63, 3.8) is 0 Å².